The van der Waals surface area contributed by atoms with E-state index in [9.17, 15) is 4.79 Å². The van der Waals surface area contributed by atoms with Crippen molar-refractivity contribution in [2.24, 2.45) is 0 Å². The lowest BCUT2D eigenvalue weighted by Gasteiger charge is -2.21. The van der Waals surface area contributed by atoms with Crippen molar-refractivity contribution in [1.82, 2.24) is 10.9 Å². The van der Waals surface area contributed by atoms with E-state index in [0.717, 1.165) is 18.5 Å². The number of carbonyl (C=O) groups excluding carboxylic acids is 1. The topological polar surface area (TPSA) is 50.4 Å². The number of ether oxygens (including phenoxy) is 1. The molecule has 1 rings (SSSR count). The quantitative estimate of drug-likeness (QED) is 0.691. The van der Waals surface area contributed by atoms with E-state index in [1.165, 1.54) is 12.8 Å². The highest BCUT2D eigenvalue weighted by molar-refractivity contribution is 5.67. The van der Waals surface area contributed by atoms with Crippen molar-refractivity contribution in [1.29, 1.82) is 0 Å². The molecule has 1 aliphatic rings. The van der Waals surface area contributed by atoms with Crippen molar-refractivity contribution in [2.75, 3.05) is 0 Å². The standard InChI is InChI=1S/C11H20N2O2/c1-11(2,3)15-10(14)13-12-9-7-5-4-6-8-9/h7,12H,4-6,8H2,1-3H3,(H,13,14). The van der Waals surface area contributed by atoms with Gasteiger partial charge in [-0.2, -0.15) is 0 Å². The second kappa shape index (κ2) is 5.05. The number of allylic oxidation sites excluding steroid dienone is 2. The molecule has 0 aromatic carbocycles. The van der Waals surface area contributed by atoms with Gasteiger partial charge in [-0.15, -0.1) is 0 Å². The molecule has 1 amide bonds. The maximum atomic E-state index is 11.3. The molecule has 0 atom stereocenters. The zero-order chi connectivity index (χ0) is 11.3. The van der Waals surface area contributed by atoms with E-state index in [2.05, 4.69) is 16.9 Å². The molecule has 15 heavy (non-hydrogen) atoms. The van der Waals surface area contributed by atoms with Gasteiger partial charge in [0, 0.05) is 5.70 Å². The molecular formula is C11H20N2O2. The first-order valence-electron chi connectivity index (χ1n) is 5.41. The molecule has 86 valence electrons. The molecule has 4 nitrogen and oxygen atoms in total. The van der Waals surface area contributed by atoms with Crippen LogP contribution in [0.15, 0.2) is 11.8 Å². The van der Waals surface area contributed by atoms with Crippen LogP contribution in [-0.4, -0.2) is 11.7 Å². The molecule has 0 fully saturated rings. The normalized spacial score (nSPS) is 16.6. The van der Waals surface area contributed by atoms with Crippen molar-refractivity contribution >= 4 is 6.09 Å². The first-order chi connectivity index (χ1) is 6.97. The van der Waals surface area contributed by atoms with Gasteiger partial charge in [-0.3, -0.25) is 0 Å². The number of rotatable bonds is 2. The lowest BCUT2D eigenvalue weighted by atomic mass is 10.1. The van der Waals surface area contributed by atoms with Crippen LogP contribution in [0, 0.1) is 0 Å². The lowest BCUT2D eigenvalue weighted by Crippen LogP contribution is -2.40. The summed E-state index contributed by atoms with van der Waals surface area (Å²) in [5.74, 6) is 0. The van der Waals surface area contributed by atoms with Gasteiger partial charge in [0.15, 0.2) is 0 Å². The maximum Gasteiger partial charge on any atom is 0.426 e. The molecule has 1 aliphatic carbocycles. The number of amides is 1. The first kappa shape index (κ1) is 11.9. The van der Waals surface area contributed by atoms with Gasteiger partial charge < -0.3 is 10.2 Å². The van der Waals surface area contributed by atoms with Crippen LogP contribution in [-0.2, 0) is 4.74 Å². The monoisotopic (exact) mass is 212 g/mol. The molecule has 0 aliphatic heterocycles. The fourth-order valence-electron chi connectivity index (χ4n) is 1.39. The average molecular weight is 212 g/mol. The van der Waals surface area contributed by atoms with Gasteiger partial charge in [0.05, 0.1) is 0 Å². The minimum absolute atomic E-state index is 0.436. The summed E-state index contributed by atoms with van der Waals surface area (Å²) in [6.07, 6.45) is 6.16. The lowest BCUT2D eigenvalue weighted by molar-refractivity contribution is 0.0505. The van der Waals surface area contributed by atoms with Gasteiger partial charge in [0.25, 0.3) is 0 Å². The molecule has 0 aromatic heterocycles. The van der Waals surface area contributed by atoms with Crippen LogP contribution in [0.5, 0.6) is 0 Å². The maximum absolute atomic E-state index is 11.3. The van der Waals surface area contributed by atoms with E-state index >= 15 is 0 Å². The third-order valence-electron chi connectivity index (χ3n) is 2.01. The molecular weight excluding hydrogens is 192 g/mol. The number of nitrogens with one attached hydrogen (secondary N) is 2. The summed E-state index contributed by atoms with van der Waals surface area (Å²) in [7, 11) is 0. The number of carbonyl (C=O) groups is 1. The fourth-order valence-corrected chi connectivity index (χ4v) is 1.39. The molecule has 0 spiro atoms. The summed E-state index contributed by atoms with van der Waals surface area (Å²) in [4.78, 5) is 11.3. The SMILES string of the molecule is CC(C)(C)OC(=O)NNC1=CCCCC1. The molecule has 0 saturated carbocycles. The second-order valence-electron chi connectivity index (χ2n) is 4.73. The molecule has 4 heteroatoms. The van der Waals surface area contributed by atoms with Crippen molar-refractivity contribution < 1.29 is 9.53 Å². The zero-order valence-corrected chi connectivity index (χ0v) is 9.72. The molecule has 0 saturated heterocycles. The molecule has 2 N–H and O–H groups in total. The first-order valence-corrected chi connectivity index (χ1v) is 5.41. The van der Waals surface area contributed by atoms with Gasteiger partial charge >= 0.3 is 6.09 Å². The predicted molar refractivity (Wildman–Crippen MR) is 59.1 cm³/mol. The Morgan fingerprint density at radius 3 is 2.67 bits per heavy atom. The van der Waals surface area contributed by atoms with Crippen LogP contribution in [0.4, 0.5) is 4.79 Å². The summed E-state index contributed by atoms with van der Waals surface area (Å²) in [5.41, 5.74) is 6.03. The van der Waals surface area contributed by atoms with E-state index in [1.807, 2.05) is 20.8 Å². The third kappa shape index (κ3) is 5.30. The molecule has 0 aromatic rings. The van der Waals surface area contributed by atoms with Crippen LogP contribution in [0.1, 0.15) is 46.5 Å². The summed E-state index contributed by atoms with van der Waals surface area (Å²) < 4.78 is 5.09. The Labute approximate surface area is 91.0 Å². The zero-order valence-electron chi connectivity index (χ0n) is 9.72. The van der Waals surface area contributed by atoms with E-state index in [-0.39, 0.29) is 0 Å². The summed E-state index contributed by atoms with van der Waals surface area (Å²) >= 11 is 0. The third-order valence-corrected chi connectivity index (χ3v) is 2.01. The van der Waals surface area contributed by atoms with E-state index in [4.69, 9.17) is 4.74 Å². The van der Waals surface area contributed by atoms with Crippen LogP contribution >= 0.6 is 0 Å². The predicted octanol–water partition coefficient (Wildman–Crippen LogP) is 2.47. The smallest absolute Gasteiger partial charge is 0.426 e. The number of hydrogen-bond donors (Lipinski definition) is 2. The van der Waals surface area contributed by atoms with Gasteiger partial charge in [0.2, 0.25) is 0 Å². The molecule has 0 unspecified atom stereocenters. The van der Waals surface area contributed by atoms with Crippen LogP contribution < -0.4 is 10.9 Å². The van der Waals surface area contributed by atoms with Gasteiger partial charge in [0.1, 0.15) is 5.60 Å². The molecule has 0 bridgehead atoms. The van der Waals surface area contributed by atoms with Crippen molar-refractivity contribution in [3.05, 3.63) is 11.8 Å². The Hall–Kier alpha value is -1.19. The van der Waals surface area contributed by atoms with E-state index in [1.54, 1.807) is 0 Å². The molecule has 0 heterocycles. The van der Waals surface area contributed by atoms with Crippen LogP contribution in [0.25, 0.3) is 0 Å². The largest absolute Gasteiger partial charge is 0.443 e. The highest BCUT2D eigenvalue weighted by Crippen LogP contribution is 2.14. The van der Waals surface area contributed by atoms with Crippen molar-refractivity contribution in [3.8, 4) is 0 Å². The highest BCUT2D eigenvalue weighted by atomic mass is 16.6. The average Bonchev–Trinajstić information content (AvgIpc) is 2.14. The molecule has 0 radical (unpaired) electrons. The Morgan fingerprint density at radius 1 is 1.40 bits per heavy atom. The van der Waals surface area contributed by atoms with Gasteiger partial charge in [-0.05, 0) is 46.5 Å². The second-order valence-corrected chi connectivity index (χ2v) is 4.73. The van der Waals surface area contributed by atoms with Crippen LogP contribution in [0.2, 0.25) is 0 Å². The van der Waals surface area contributed by atoms with Crippen LogP contribution in [0.3, 0.4) is 0 Å². The highest BCUT2D eigenvalue weighted by Gasteiger charge is 2.16. The Balaban J connectivity index is 2.24. The Morgan fingerprint density at radius 2 is 2.13 bits per heavy atom. The minimum Gasteiger partial charge on any atom is -0.443 e. The summed E-state index contributed by atoms with van der Waals surface area (Å²) in [6, 6.07) is 0. The van der Waals surface area contributed by atoms with E-state index < -0.39 is 11.7 Å². The summed E-state index contributed by atoms with van der Waals surface area (Å²) in [5, 5.41) is 0. The van der Waals surface area contributed by atoms with E-state index in [0.29, 0.717) is 0 Å². The number of hydrazine groups is 1. The van der Waals surface area contributed by atoms with Crippen molar-refractivity contribution in [2.45, 2.75) is 52.1 Å². The van der Waals surface area contributed by atoms with Crippen molar-refractivity contribution in [3.63, 3.8) is 0 Å². The number of hydrogen-bond acceptors (Lipinski definition) is 3. The van der Waals surface area contributed by atoms with Gasteiger partial charge in [-0.1, -0.05) is 6.08 Å². The minimum atomic E-state index is -0.452. The Bertz CT molecular complexity index is 254. The van der Waals surface area contributed by atoms with Gasteiger partial charge in [-0.25, -0.2) is 10.2 Å². The summed E-state index contributed by atoms with van der Waals surface area (Å²) in [6.45, 7) is 5.52. The fraction of sp³-hybridized carbons (Fsp3) is 0.727. The Kier molecular flexibility index (Phi) is 4.00.